The molecule has 248 valence electrons. The Morgan fingerprint density at radius 2 is 1.64 bits per heavy atom. The minimum atomic E-state index is -1.11. The first-order chi connectivity index (χ1) is 21.5. The van der Waals surface area contributed by atoms with Gasteiger partial charge in [-0.15, -0.1) is 0 Å². The summed E-state index contributed by atoms with van der Waals surface area (Å²) in [4.78, 5) is 49.7. The number of benzene rings is 2. The Labute approximate surface area is 263 Å². The number of carbonyl (C=O) groups is 4. The molecule has 0 aromatic heterocycles. The zero-order valence-electron chi connectivity index (χ0n) is 26.2. The van der Waals surface area contributed by atoms with E-state index in [1.165, 1.54) is 11.8 Å². The largest absolute Gasteiger partial charge is 0.490 e. The third-order valence-electron chi connectivity index (χ3n) is 7.58. The fraction of sp³-hybridized carbons (Fsp3) is 0.562. The van der Waals surface area contributed by atoms with Gasteiger partial charge in [-0.1, -0.05) is 38.1 Å². The molecule has 2 unspecified atom stereocenters. The van der Waals surface area contributed by atoms with E-state index in [9.17, 15) is 34.5 Å². The zero-order valence-corrected chi connectivity index (χ0v) is 26.2. The van der Waals surface area contributed by atoms with Crippen LogP contribution in [0.4, 0.5) is 0 Å². The molecule has 1 saturated heterocycles. The molecule has 13 nitrogen and oxygen atoms in total. The normalized spacial score (nSPS) is 16.7. The van der Waals surface area contributed by atoms with Gasteiger partial charge in [-0.05, 0) is 51.2 Å². The predicted octanol–water partition coefficient (Wildman–Crippen LogP) is 1.75. The van der Waals surface area contributed by atoms with Crippen molar-refractivity contribution in [3.05, 3.63) is 36.4 Å². The number of carbonyl (C=O) groups excluding carboxylic acids is 2. The summed E-state index contributed by atoms with van der Waals surface area (Å²) in [5.74, 6) is -1.81. The number of fused-ring (bicyclic) bond motifs is 1. The summed E-state index contributed by atoms with van der Waals surface area (Å²) < 4.78 is 11.7. The van der Waals surface area contributed by atoms with Gasteiger partial charge >= 0.3 is 11.9 Å². The van der Waals surface area contributed by atoms with Crippen molar-refractivity contribution >= 4 is 34.5 Å². The summed E-state index contributed by atoms with van der Waals surface area (Å²) >= 11 is 0. The number of aliphatic hydroxyl groups is 1. The first kappa shape index (κ1) is 35.5. The maximum absolute atomic E-state index is 12.7. The number of aliphatic hydroxyl groups excluding tert-OH is 1. The number of carboxylic acids is 2. The van der Waals surface area contributed by atoms with Gasteiger partial charge in [-0.3, -0.25) is 19.7 Å². The van der Waals surface area contributed by atoms with Crippen molar-refractivity contribution in [1.82, 2.24) is 20.9 Å². The monoisotopic (exact) mass is 630 g/mol. The molecule has 0 radical (unpaired) electrons. The predicted molar refractivity (Wildman–Crippen MR) is 167 cm³/mol. The number of likely N-dealkylation sites (tertiary alicyclic amines) is 1. The van der Waals surface area contributed by atoms with Crippen LogP contribution < -0.4 is 25.4 Å². The number of rotatable bonds is 19. The molecule has 0 spiro atoms. The van der Waals surface area contributed by atoms with Crippen LogP contribution in [0.5, 0.6) is 11.5 Å². The molecule has 0 saturated carbocycles. The maximum atomic E-state index is 12.7. The number of unbranched alkanes of at least 4 members (excludes halogenated alkanes) is 1. The summed E-state index contributed by atoms with van der Waals surface area (Å²) in [6.45, 7) is 6.52. The molecule has 2 aromatic rings. The number of hydrogen-bond donors (Lipinski definition) is 6. The van der Waals surface area contributed by atoms with Crippen LogP contribution >= 0.6 is 0 Å². The Bertz CT molecular complexity index is 1300. The van der Waals surface area contributed by atoms with Gasteiger partial charge in [0.15, 0.2) is 6.61 Å². The van der Waals surface area contributed by atoms with Crippen LogP contribution in [-0.4, -0.2) is 107 Å². The van der Waals surface area contributed by atoms with E-state index in [-0.39, 0.29) is 31.6 Å². The lowest BCUT2D eigenvalue weighted by Gasteiger charge is -2.27. The van der Waals surface area contributed by atoms with Crippen LogP contribution in [-0.2, 0) is 19.2 Å². The van der Waals surface area contributed by atoms with E-state index in [0.29, 0.717) is 56.8 Å². The summed E-state index contributed by atoms with van der Waals surface area (Å²) in [7, 11) is 0. The Morgan fingerprint density at radius 3 is 2.27 bits per heavy atom. The Hall–Kier alpha value is -3.94. The van der Waals surface area contributed by atoms with Crippen LogP contribution in [0.15, 0.2) is 36.4 Å². The molecule has 0 bridgehead atoms. The molecule has 2 amide bonds. The van der Waals surface area contributed by atoms with E-state index in [2.05, 4.69) is 16.0 Å². The van der Waals surface area contributed by atoms with Crippen molar-refractivity contribution in [2.24, 2.45) is 0 Å². The average Bonchev–Trinajstić information content (AvgIpc) is 3.51. The van der Waals surface area contributed by atoms with Crippen molar-refractivity contribution in [2.75, 3.05) is 32.8 Å². The van der Waals surface area contributed by atoms with Gasteiger partial charge in [-0.2, -0.15) is 0 Å². The topological polar surface area (TPSA) is 187 Å². The van der Waals surface area contributed by atoms with E-state index in [1.54, 1.807) is 12.1 Å². The van der Waals surface area contributed by atoms with E-state index >= 15 is 0 Å². The minimum Gasteiger partial charge on any atom is -0.490 e. The SMILES string of the molecule is CC(C)NCC(O)COc1cccc2c(OCC(=O)NCCCCC(N[C@@H](C)C(=O)N3CCC[C@H]3C(=O)O)C(=O)O)cccc12. The second-order valence-electron chi connectivity index (χ2n) is 11.6. The molecule has 1 aliphatic rings. The number of ether oxygens (including phenoxy) is 2. The fourth-order valence-electron chi connectivity index (χ4n) is 5.20. The molecule has 3 rings (SSSR count). The number of carboxylic acid groups (broad SMARTS) is 2. The molecular formula is C32H46N4O9. The lowest BCUT2D eigenvalue weighted by Crippen LogP contribution is -2.53. The molecular weight excluding hydrogens is 584 g/mol. The number of nitrogens with zero attached hydrogens (tertiary/aromatic N) is 1. The molecule has 4 atom stereocenters. The van der Waals surface area contributed by atoms with E-state index in [4.69, 9.17) is 9.47 Å². The number of amides is 2. The third-order valence-corrected chi connectivity index (χ3v) is 7.58. The second kappa shape index (κ2) is 17.5. The smallest absolute Gasteiger partial charge is 0.326 e. The number of nitrogens with one attached hydrogen (secondary N) is 3. The lowest BCUT2D eigenvalue weighted by atomic mass is 10.1. The van der Waals surface area contributed by atoms with Crippen LogP contribution in [0.3, 0.4) is 0 Å². The maximum Gasteiger partial charge on any atom is 0.326 e. The second-order valence-corrected chi connectivity index (χ2v) is 11.6. The molecule has 1 heterocycles. The molecule has 1 aliphatic heterocycles. The fourth-order valence-corrected chi connectivity index (χ4v) is 5.20. The first-order valence-corrected chi connectivity index (χ1v) is 15.5. The van der Waals surface area contributed by atoms with Gasteiger partial charge in [0, 0.05) is 36.4 Å². The van der Waals surface area contributed by atoms with E-state index < -0.39 is 42.1 Å². The van der Waals surface area contributed by atoms with Gasteiger partial charge in [0.2, 0.25) is 5.91 Å². The zero-order chi connectivity index (χ0) is 32.9. The molecule has 13 heteroatoms. The van der Waals surface area contributed by atoms with Gasteiger partial charge in [-0.25, -0.2) is 4.79 Å². The van der Waals surface area contributed by atoms with Crippen molar-refractivity contribution in [3.8, 4) is 11.5 Å². The van der Waals surface area contributed by atoms with Crippen molar-refractivity contribution in [2.45, 2.75) is 83.1 Å². The average molecular weight is 631 g/mol. The highest BCUT2D eigenvalue weighted by atomic mass is 16.5. The Balaban J connectivity index is 1.41. The van der Waals surface area contributed by atoms with Gasteiger partial charge in [0.1, 0.15) is 36.3 Å². The van der Waals surface area contributed by atoms with Crippen LogP contribution in [0.25, 0.3) is 10.8 Å². The lowest BCUT2D eigenvalue weighted by molar-refractivity contribution is -0.149. The highest BCUT2D eigenvalue weighted by molar-refractivity contribution is 5.93. The van der Waals surface area contributed by atoms with Crippen molar-refractivity contribution in [3.63, 3.8) is 0 Å². The quantitative estimate of drug-likeness (QED) is 0.124. The summed E-state index contributed by atoms with van der Waals surface area (Å²) in [6, 6.07) is 8.47. The highest BCUT2D eigenvalue weighted by Gasteiger charge is 2.36. The van der Waals surface area contributed by atoms with Gasteiger partial charge in [0.05, 0.1) is 6.04 Å². The van der Waals surface area contributed by atoms with Gasteiger partial charge in [0.25, 0.3) is 5.91 Å². The highest BCUT2D eigenvalue weighted by Crippen LogP contribution is 2.32. The summed E-state index contributed by atoms with van der Waals surface area (Å²) in [5, 5.41) is 39.5. The summed E-state index contributed by atoms with van der Waals surface area (Å²) in [6.07, 6.45) is 1.52. The molecule has 1 fully saturated rings. The van der Waals surface area contributed by atoms with Crippen LogP contribution in [0.1, 0.15) is 52.9 Å². The molecule has 45 heavy (non-hydrogen) atoms. The number of aliphatic carboxylic acids is 2. The molecule has 0 aliphatic carbocycles. The Morgan fingerprint density at radius 1 is 0.978 bits per heavy atom. The number of hydrogen-bond acceptors (Lipinski definition) is 9. The molecule has 6 N–H and O–H groups in total. The van der Waals surface area contributed by atoms with Crippen LogP contribution in [0, 0.1) is 0 Å². The Kier molecular flexibility index (Phi) is 13.8. The van der Waals surface area contributed by atoms with Crippen molar-refractivity contribution in [1.29, 1.82) is 0 Å². The molecule has 2 aromatic carbocycles. The third kappa shape index (κ3) is 10.9. The van der Waals surface area contributed by atoms with Crippen molar-refractivity contribution < 1.29 is 44.0 Å². The van der Waals surface area contributed by atoms with Gasteiger partial charge < -0.3 is 40.3 Å². The standard InChI is InChI=1S/C32H46N4O9/c1-20(2)34-17-22(37)18-44-27-13-6-10-24-23(27)9-7-14-28(24)45-19-29(38)33-15-5-4-11-25(31(40)41)35-21(3)30(39)36-16-8-12-26(36)32(42)43/h6-7,9-10,13-14,20-22,25-26,34-35,37H,4-5,8,11-12,15-19H2,1-3H3,(H,33,38)(H,40,41)(H,42,43)/t21-,22?,25?,26-/m0/s1. The first-order valence-electron chi connectivity index (χ1n) is 15.5. The summed E-state index contributed by atoms with van der Waals surface area (Å²) in [5.41, 5.74) is 0. The van der Waals surface area contributed by atoms with E-state index in [0.717, 1.165) is 10.8 Å². The van der Waals surface area contributed by atoms with Crippen LogP contribution in [0.2, 0.25) is 0 Å². The van der Waals surface area contributed by atoms with E-state index in [1.807, 2.05) is 38.1 Å². The minimum absolute atomic E-state index is 0.124.